The molecular formula is C24H42O. The minimum absolute atomic E-state index is 0.0317. The molecule has 0 aromatic heterocycles. The Morgan fingerprint density at radius 1 is 0.880 bits per heavy atom. The van der Waals surface area contributed by atoms with Crippen LogP contribution in [0.4, 0.5) is 0 Å². The molecule has 0 saturated heterocycles. The number of fused-ring (bicyclic) bond motifs is 5. The number of rotatable bonds is 3. The lowest BCUT2D eigenvalue weighted by atomic mass is 9.42. The van der Waals surface area contributed by atoms with Crippen LogP contribution in [0.3, 0.4) is 0 Å². The summed E-state index contributed by atoms with van der Waals surface area (Å²) in [6.07, 6.45) is 15.5. The molecular weight excluding hydrogens is 304 g/mol. The predicted octanol–water partition coefficient (Wildman–Crippen LogP) is 6.44. The Kier molecular flexibility index (Phi) is 4.79. The van der Waals surface area contributed by atoms with Crippen LogP contribution in [-0.4, -0.2) is 11.2 Å². The van der Waals surface area contributed by atoms with Gasteiger partial charge in [0.15, 0.2) is 0 Å². The average Bonchev–Trinajstić information content (AvgIpc) is 2.93. The Morgan fingerprint density at radius 2 is 1.64 bits per heavy atom. The van der Waals surface area contributed by atoms with E-state index in [9.17, 15) is 5.11 Å². The third-order valence-corrected chi connectivity index (χ3v) is 10.2. The summed E-state index contributed by atoms with van der Waals surface area (Å²) in [7, 11) is 0. The summed E-state index contributed by atoms with van der Waals surface area (Å²) in [4.78, 5) is 0. The SMILES string of the molecule is CCCCC1CCC2C3C(CCC12C)C1(C)CCCCC1[C@@H](C)[C@H]3O. The van der Waals surface area contributed by atoms with Crippen molar-refractivity contribution in [1.29, 1.82) is 0 Å². The van der Waals surface area contributed by atoms with Gasteiger partial charge < -0.3 is 5.11 Å². The number of hydrogen-bond donors (Lipinski definition) is 1. The van der Waals surface area contributed by atoms with Gasteiger partial charge in [0.25, 0.3) is 0 Å². The van der Waals surface area contributed by atoms with Gasteiger partial charge in [-0.05, 0) is 91.3 Å². The molecule has 1 nitrogen and oxygen atoms in total. The molecule has 4 aliphatic carbocycles. The Balaban J connectivity index is 1.64. The minimum Gasteiger partial charge on any atom is -0.393 e. The van der Waals surface area contributed by atoms with E-state index in [1.807, 2.05) is 0 Å². The summed E-state index contributed by atoms with van der Waals surface area (Å²) in [6.45, 7) is 9.98. The third-order valence-electron chi connectivity index (χ3n) is 10.2. The molecule has 0 spiro atoms. The lowest BCUT2D eigenvalue weighted by Crippen LogP contribution is -2.60. The highest BCUT2D eigenvalue weighted by Crippen LogP contribution is 2.68. The molecule has 0 heterocycles. The molecule has 7 unspecified atom stereocenters. The van der Waals surface area contributed by atoms with Gasteiger partial charge >= 0.3 is 0 Å². The van der Waals surface area contributed by atoms with Crippen molar-refractivity contribution in [2.75, 3.05) is 0 Å². The lowest BCUT2D eigenvalue weighted by Gasteiger charge is -2.64. The highest BCUT2D eigenvalue weighted by Gasteiger charge is 2.63. The standard InChI is InChI=1S/C24H42O/c1-5-6-9-17-11-12-19-21-20(13-15-23(17,19)3)24(4)14-8-7-10-18(24)16(2)22(21)25/h16-22,25H,5-15H2,1-4H3/t16-,17?,18?,19?,20?,21?,22-,23?,24?/m1/s1. The zero-order valence-corrected chi connectivity index (χ0v) is 17.3. The van der Waals surface area contributed by atoms with Crippen molar-refractivity contribution in [3.8, 4) is 0 Å². The van der Waals surface area contributed by atoms with Gasteiger partial charge in [0.05, 0.1) is 6.10 Å². The minimum atomic E-state index is -0.0317. The number of hydrogen-bond acceptors (Lipinski definition) is 1. The summed E-state index contributed by atoms with van der Waals surface area (Å²) in [5, 5.41) is 11.5. The van der Waals surface area contributed by atoms with E-state index in [1.165, 1.54) is 70.6 Å². The van der Waals surface area contributed by atoms with Gasteiger partial charge in [-0.2, -0.15) is 0 Å². The first kappa shape index (κ1) is 18.3. The fourth-order valence-electron chi connectivity index (χ4n) is 8.77. The number of unbranched alkanes of at least 4 members (excludes halogenated alkanes) is 1. The van der Waals surface area contributed by atoms with Crippen molar-refractivity contribution < 1.29 is 5.11 Å². The average molecular weight is 347 g/mol. The van der Waals surface area contributed by atoms with E-state index < -0.39 is 0 Å². The molecule has 4 aliphatic rings. The second kappa shape index (κ2) is 6.54. The quantitative estimate of drug-likeness (QED) is 0.623. The van der Waals surface area contributed by atoms with Crippen LogP contribution in [0.5, 0.6) is 0 Å². The van der Waals surface area contributed by atoms with Gasteiger partial charge in [-0.25, -0.2) is 0 Å². The summed E-state index contributed by atoms with van der Waals surface area (Å²) in [5.74, 6) is 4.41. The van der Waals surface area contributed by atoms with Crippen LogP contribution in [0, 0.1) is 46.3 Å². The zero-order chi connectivity index (χ0) is 17.8. The maximum Gasteiger partial charge on any atom is 0.0602 e. The lowest BCUT2D eigenvalue weighted by molar-refractivity contribution is -0.188. The van der Waals surface area contributed by atoms with E-state index in [0.29, 0.717) is 22.7 Å². The maximum atomic E-state index is 11.5. The van der Waals surface area contributed by atoms with Crippen LogP contribution in [-0.2, 0) is 0 Å². The largest absolute Gasteiger partial charge is 0.393 e. The second-order valence-corrected chi connectivity index (χ2v) is 11.0. The Bertz CT molecular complexity index is 486. The fourth-order valence-corrected chi connectivity index (χ4v) is 8.77. The highest BCUT2D eigenvalue weighted by molar-refractivity contribution is 5.12. The Morgan fingerprint density at radius 3 is 2.40 bits per heavy atom. The molecule has 9 atom stereocenters. The fraction of sp³-hybridized carbons (Fsp3) is 1.00. The van der Waals surface area contributed by atoms with Crippen molar-refractivity contribution >= 4 is 0 Å². The molecule has 0 bridgehead atoms. The summed E-state index contributed by atoms with van der Waals surface area (Å²) >= 11 is 0. The van der Waals surface area contributed by atoms with Gasteiger partial charge in [-0.3, -0.25) is 0 Å². The van der Waals surface area contributed by atoms with Crippen LogP contribution < -0.4 is 0 Å². The summed E-state index contributed by atoms with van der Waals surface area (Å²) in [6, 6.07) is 0. The Hall–Kier alpha value is -0.0400. The van der Waals surface area contributed by atoms with Crippen LogP contribution in [0.1, 0.15) is 98.3 Å². The molecule has 0 radical (unpaired) electrons. The molecule has 4 saturated carbocycles. The van der Waals surface area contributed by atoms with Crippen molar-refractivity contribution in [2.24, 2.45) is 46.3 Å². The zero-order valence-electron chi connectivity index (χ0n) is 17.3. The van der Waals surface area contributed by atoms with Crippen molar-refractivity contribution in [3.05, 3.63) is 0 Å². The molecule has 144 valence electrons. The second-order valence-electron chi connectivity index (χ2n) is 11.0. The van der Waals surface area contributed by atoms with Gasteiger partial charge in [0.1, 0.15) is 0 Å². The molecule has 4 fully saturated rings. The van der Waals surface area contributed by atoms with Crippen LogP contribution in [0.15, 0.2) is 0 Å². The maximum absolute atomic E-state index is 11.5. The van der Waals surface area contributed by atoms with Gasteiger partial charge in [-0.1, -0.05) is 53.4 Å². The van der Waals surface area contributed by atoms with E-state index in [4.69, 9.17) is 0 Å². The third kappa shape index (κ3) is 2.58. The van der Waals surface area contributed by atoms with E-state index in [1.54, 1.807) is 0 Å². The molecule has 0 aromatic rings. The summed E-state index contributed by atoms with van der Waals surface area (Å²) in [5.41, 5.74) is 1.04. The molecule has 25 heavy (non-hydrogen) atoms. The van der Waals surface area contributed by atoms with Gasteiger partial charge in [0.2, 0.25) is 0 Å². The highest BCUT2D eigenvalue weighted by atomic mass is 16.3. The number of aliphatic hydroxyl groups is 1. The van der Waals surface area contributed by atoms with Crippen LogP contribution >= 0.6 is 0 Å². The van der Waals surface area contributed by atoms with Crippen LogP contribution in [0.25, 0.3) is 0 Å². The monoisotopic (exact) mass is 346 g/mol. The first-order chi connectivity index (χ1) is 11.9. The van der Waals surface area contributed by atoms with Crippen molar-refractivity contribution in [3.63, 3.8) is 0 Å². The van der Waals surface area contributed by atoms with E-state index >= 15 is 0 Å². The van der Waals surface area contributed by atoms with Gasteiger partial charge in [0, 0.05) is 0 Å². The first-order valence-corrected chi connectivity index (χ1v) is 11.6. The van der Waals surface area contributed by atoms with E-state index in [-0.39, 0.29) is 6.10 Å². The van der Waals surface area contributed by atoms with Crippen molar-refractivity contribution in [1.82, 2.24) is 0 Å². The smallest absolute Gasteiger partial charge is 0.0602 e. The van der Waals surface area contributed by atoms with Gasteiger partial charge in [-0.15, -0.1) is 0 Å². The van der Waals surface area contributed by atoms with Crippen molar-refractivity contribution in [2.45, 2.75) is 104 Å². The molecule has 0 aromatic carbocycles. The Labute approximate surface area is 156 Å². The molecule has 1 N–H and O–H groups in total. The van der Waals surface area contributed by atoms with E-state index in [2.05, 4.69) is 27.7 Å². The number of aliphatic hydroxyl groups excluding tert-OH is 1. The predicted molar refractivity (Wildman–Crippen MR) is 105 cm³/mol. The molecule has 0 aliphatic heterocycles. The topological polar surface area (TPSA) is 20.2 Å². The normalized spacial score (nSPS) is 55.3. The molecule has 1 heteroatoms. The summed E-state index contributed by atoms with van der Waals surface area (Å²) < 4.78 is 0. The van der Waals surface area contributed by atoms with E-state index in [0.717, 1.165) is 23.7 Å². The molecule has 0 amide bonds. The molecule has 4 rings (SSSR count). The first-order valence-electron chi connectivity index (χ1n) is 11.6. The van der Waals surface area contributed by atoms with Crippen LogP contribution in [0.2, 0.25) is 0 Å².